The molecule has 0 aliphatic carbocycles. The number of carboxylic acids is 1. The van der Waals surface area contributed by atoms with Gasteiger partial charge in [-0.2, -0.15) is 0 Å². The van der Waals surface area contributed by atoms with Crippen LogP contribution in [-0.2, 0) is 16.0 Å². The minimum atomic E-state index is -0.764. The summed E-state index contributed by atoms with van der Waals surface area (Å²) in [5, 5.41) is 9.05. The lowest BCUT2D eigenvalue weighted by molar-refractivity contribution is -0.143. The number of carbonyl (C=O) groups is 2. The van der Waals surface area contributed by atoms with Crippen LogP contribution in [0.3, 0.4) is 0 Å². The molecule has 1 aromatic rings. The summed E-state index contributed by atoms with van der Waals surface area (Å²) in [4.78, 5) is 27.4. The number of aliphatic carboxylic acids is 1. The fourth-order valence-electron chi connectivity index (χ4n) is 4.18. The van der Waals surface area contributed by atoms with Crippen molar-refractivity contribution in [2.45, 2.75) is 32.1 Å². The van der Waals surface area contributed by atoms with Crippen molar-refractivity contribution < 1.29 is 14.7 Å². The first-order valence-corrected chi connectivity index (χ1v) is 8.82. The maximum absolute atomic E-state index is 12.3. The largest absolute Gasteiger partial charge is 0.480 e. The molecule has 0 aromatic heterocycles. The van der Waals surface area contributed by atoms with Gasteiger partial charge in [0.2, 0.25) is 5.91 Å². The van der Waals surface area contributed by atoms with Crippen molar-refractivity contribution in [3.63, 3.8) is 0 Å². The highest BCUT2D eigenvalue weighted by Gasteiger charge is 2.41. The van der Waals surface area contributed by atoms with E-state index in [0.717, 1.165) is 51.9 Å². The normalized spacial score (nSPS) is 25.2. The third-order valence-corrected chi connectivity index (χ3v) is 5.36. The molecule has 2 saturated heterocycles. The van der Waals surface area contributed by atoms with Crippen LogP contribution in [-0.4, -0.2) is 59.5 Å². The van der Waals surface area contributed by atoms with Crippen LogP contribution in [0.15, 0.2) is 30.3 Å². The van der Waals surface area contributed by atoms with Gasteiger partial charge in [-0.1, -0.05) is 30.3 Å². The first-order chi connectivity index (χ1) is 11.6. The summed E-state index contributed by atoms with van der Waals surface area (Å²) in [6.07, 6.45) is 4.48. The van der Waals surface area contributed by atoms with E-state index >= 15 is 0 Å². The maximum Gasteiger partial charge on any atom is 0.317 e. The number of hydrogen-bond acceptors (Lipinski definition) is 3. The van der Waals surface area contributed by atoms with Gasteiger partial charge < -0.3 is 10.0 Å². The number of nitrogens with zero attached hydrogens (tertiary/aromatic N) is 2. The summed E-state index contributed by atoms with van der Waals surface area (Å²) in [5.41, 5.74) is 1.33. The van der Waals surface area contributed by atoms with Crippen LogP contribution >= 0.6 is 0 Å². The molecule has 1 aromatic carbocycles. The Kier molecular flexibility index (Phi) is 5.19. The van der Waals surface area contributed by atoms with Crippen molar-refractivity contribution in [3.8, 4) is 0 Å². The van der Waals surface area contributed by atoms with E-state index in [2.05, 4.69) is 12.1 Å². The molecule has 5 nitrogen and oxygen atoms in total. The van der Waals surface area contributed by atoms with E-state index in [-0.39, 0.29) is 17.9 Å². The predicted molar refractivity (Wildman–Crippen MR) is 91.7 cm³/mol. The molecule has 2 aliphatic heterocycles. The molecule has 1 atom stereocenters. The molecule has 24 heavy (non-hydrogen) atoms. The standard InChI is InChI=1S/C19H26N2O3/c22-17-7-10-19(9-4-11-20(14-19)13-18(23)24)15-21(17)12-8-16-5-2-1-3-6-16/h1-3,5-6H,4,7-15H2,(H,23,24). The highest BCUT2D eigenvalue weighted by Crippen LogP contribution is 2.38. The van der Waals surface area contributed by atoms with Gasteiger partial charge in [0.05, 0.1) is 6.54 Å². The van der Waals surface area contributed by atoms with Gasteiger partial charge in [0.25, 0.3) is 0 Å². The lowest BCUT2D eigenvalue weighted by atomic mass is 9.73. The van der Waals surface area contributed by atoms with E-state index < -0.39 is 5.97 Å². The summed E-state index contributed by atoms with van der Waals surface area (Å²) in [5.74, 6) is -0.521. The van der Waals surface area contributed by atoms with E-state index in [1.807, 2.05) is 28.0 Å². The summed E-state index contributed by atoms with van der Waals surface area (Å²) >= 11 is 0. The number of piperidine rings is 2. The molecule has 1 amide bonds. The Morgan fingerprint density at radius 3 is 2.71 bits per heavy atom. The smallest absolute Gasteiger partial charge is 0.317 e. The van der Waals surface area contributed by atoms with E-state index in [1.165, 1.54) is 5.56 Å². The summed E-state index contributed by atoms with van der Waals surface area (Å²) < 4.78 is 0. The van der Waals surface area contributed by atoms with Crippen LogP contribution < -0.4 is 0 Å². The molecule has 0 bridgehead atoms. The van der Waals surface area contributed by atoms with Crippen molar-refractivity contribution in [2.75, 3.05) is 32.7 Å². The van der Waals surface area contributed by atoms with Crippen LogP contribution in [0.4, 0.5) is 0 Å². The van der Waals surface area contributed by atoms with Crippen LogP contribution in [0.1, 0.15) is 31.2 Å². The van der Waals surface area contributed by atoms with E-state index in [9.17, 15) is 9.59 Å². The first-order valence-electron chi connectivity index (χ1n) is 8.82. The number of carbonyl (C=O) groups excluding carboxylic acids is 1. The minimum absolute atomic E-state index is 0.0816. The average molecular weight is 330 g/mol. The van der Waals surface area contributed by atoms with E-state index in [0.29, 0.717) is 6.42 Å². The quantitative estimate of drug-likeness (QED) is 0.897. The van der Waals surface area contributed by atoms with Crippen LogP contribution in [0.2, 0.25) is 0 Å². The third-order valence-electron chi connectivity index (χ3n) is 5.36. The number of amides is 1. The van der Waals surface area contributed by atoms with E-state index in [4.69, 9.17) is 5.11 Å². The number of benzene rings is 1. The molecule has 3 rings (SSSR count). The van der Waals surface area contributed by atoms with Crippen molar-refractivity contribution in [1.29, 1.82) is 0 Å². The highest BCUT2D eigenvalue weighted by molar-refractivity contribution is 5.77. The number of hydrogen-bond donors (Lipinski definition) is 1. The van der Waals surface area contributed by atoms with Crippen LogP contribution in [0, 0.1) is 5.41 Å². The zero-order valence-electron chi connectivity index (χ0n) is 14.1. The molecule has 0 radical (unpaired) electrons. The second-order valence-corrected chi connectivity index (χ2v) is 7.26. The van der Waals surface area contributed by atoms with Gasteiger partial charge in [-0.05, 0) is 37.8 Å². The van der Waals surface area contributed by atoms with Gasteiger partial charge in [-0.15, -0.1) is 0 Å². The molecule has 5 heteroatoms. The van der Waals surface area contributed by atoms with Gasteiger partial charge in [0.15, 0.2) is 0 Å². The topological polar surface area (TPSA) is 60.9 Å². The first kappa shape index (κ1) is 17.0. The molecule has 1 unspecified atom stereocenters. The van der Waals surface area contributed by atoms with Gasteiger partial charge in [0, 0.05) is 31.5 Å². The highest BCUT2D eigenvalue weighted by atomic mass is 16.4. The van der Waals surface area contributed by atoms with Gasteiger partial charge in [0.1, 0.15) is 0 Å². The van der Waals surface area contributed by atoms with Gasteiger partial charge in [-0.25, -0.2) is 0 Å². The summed E-state index contributed by atoms with van der Waals surface area (Å²) in [6, 6.07) is 10.3. The number of likely N-dealkylation sites (tertiary alicyclic amines) is 2. The molecule has 1 spiro atoms. The van der Waals surface area contributed by atoms with Crippen molar-refractivity contribution in [3.05, 3.63) is 35.9 Å². The lowest BCUT2D eigenvalue weighted by Gasteiger charge is -2.48. The summed E-state index contributed by atoms with van der Waals surface area (Å²) in [7, 11) is 0. The number of rotatable bonds is 5. The lowest BCUT2D eigenvalue weighted by Crippen LogP contribution is -2.54. The third kappa shape index (κ3) is 4.15. The van der Waals surface area contributed by atoms with Gasteiger partial charge in [-0.3, -0.25) is 14.5 Å². The summed E-state index contributed by atoms with van der Waals surface area (Å²) in [6.45, 7) is 3.29. The Balaban J connectivity index is 1.61. The second-order valence-electron chi connectivity index (χ2n) is 7.26. The molecule has 2 fully saturated rings. The monoisotopic (exact) mass is 330 g/mol. The molecule has 0 saturated carbocycles. The average Bonchev–Trinajstić information content (AvgIpc) is 2.57. The molecule has 2 heterocycles. The molecule has 2 aliphatic rings. The molecule has 1 N–H and O–H groups in total. The Morgan fingerprint density at radius 1 is 1.17 bits per heavy atom. The van der Waals surface area contributed by atoms with Crippen molar-refractivity contribution >= 4 is 11.9 Å². The van der Waals surface area contributed by atoms with E-state index in [1.54, 1.807) is 0 Å². The second kappa shape index (κ2) is 7.34. The fraction of sp³-hybridized carbons (Fsp3) is 0.579. The molecular formula is C19H26N2O3. The number of carboxylic acid groups (broad SMARTS) is 1. The molecule has 130 valence electrons. The predicted octanol–water partition coefficient (Wildman–Crippen LogP) is 2.02. The Morgan fingerprint density at radius 2 is 1.96 bits per heavy atom. The van der Waals surface area contributed by atoms with Gasteiger partial charge >= 0.3 is 5.97 Å². The minimum Gasteiger partial charge on any atom is -0.480 e. The Bertz CT molecular complexity index is 590. The fourth-order valence-corrected chi connectivity index (χ4v) is 4.18. The Hall–Kier alpha value is -1.88. The SMILES string of the molecule is O=C(O)CN1CCCC2(CCC(=O)N(CCc3ccccc3)C2)C1. The zero-order chi connectivity index (χ0) is 17.0. The van der Waals surface area contributed by atoms with Crippen LogP contribution in [0.25, 0.3) is 0 Å². The van der Waals surface area contributed by atoms with Crippen LogP contribution in [0.5, 0.6) is 0 Å². The van der Waals surface area contributed by atoms with Crippen molar-refractivity contribution in [1.82, 2.24) is 9.80 Å². The van der Waals surface area contributed by atoms with Crippen molar-refractivity contribution in [2.24, 2.45) is 5.41 Å². The molecular weight excluding hydrogens is 304 g/mol. The Labute approximate surface area is 143 Å². The maximum atomic E-state index is 12.3. The zero-order valence-corrected chi connectivity index (χ0v) is 14.1.